The van der Waals surface area contributed by atoms with Crippen molar-refractivity contribution in [1.29, 1.82) is 0 Å². The van der Waals surface area contributed by atoms with Crippen molar-refractivity contribution in [2.75, 3.05) is 13.7 Å². The van der Waals surface area contributed by atoms with E-state index in [-0.39, 0.29) is 16.2 Å². The van der Waals surface area contributed by atoms with Gasteiger partial charge in [0.25, 0.3) is 0 Å². The predicted molar refractivity (Wildman–Crippen MR) is 275 cm³/mol. The molecular formula is C61H78O2. The molecule has 0 radical (unpaired) electrons. The SMILES string of the molecule is CCCCCCCCC1(C)c2cc(-c3ccc(/C=C/c4cc(OCC(CC)CCCC)c(/C=C/c5ccc(C(C)(C)C)cc5)cc4OC)cc3)ccc2-c2ccc(C(C)(C)C)cc21. The Labute approximate surface area is 383 Å². The molecule has 0 fully saturated rings. The Morgan fingerprint density at radius 2 is 1.06 bits per heavy atom. The lowest BCUT2D eigenvalue weighted by Crippen LogP contribution is -2.22. The normalized spacial score (nSPS) is 15.5. The quantitative estimate of drug-likeness (QED) is 0.0574. The molecule has 0 saturated carbocycles. The van der Waals surface area contributed by atoms with E-state index in [0.717, 1.165) is 40.2 Å². The summed E-state index contributed by atoms with van der Waals surface area (Å²) in [7, 11) is 1.76. The molecule has 5 aromatic rings. The molecule has 2 atom stereocenters. The molecule has 0 saturated heterocycles. The second-order valence-electron chi connectivity index (χ2n) is 20.6. The minimum Gasteiger partial charge on any atom is -0.496 e. The first-order valence-corrected chi connectivity index (χ1v) is 24.4. The van der Waals surface area contributed by atoms with Gasteiger partial charge in [-0.3, -0.25) is 0 Å². The molecular weight excluding hydrogens is 765 g/mol. The zero-order chi connectivity index (χ0) is 45.2. The molecule has 334 valence electrons. The van der Waals surface area contributed by atoms with Crippen molar-refractivity contribution in [3.05, 3.63) is 142 Å². The van der Waals surface area contributed by atoms with Crippen LogP contribution in [0.25, 0.3) is 46.6 Å². The highest BCUT2D eigenvalue weighted by atomic mass is 16.5. The number of hydrogen-bond donors (Lipinski definition) is 0. The van der Waals surface area contributed by atoms with Gasteiger partial charge in [-0.15, -0.1) is 0 Å². The molecule has 0 amide bonds. The molecule has 0 N–H and O–H groups in total. The number of benzene rings is 5. The fourth-order valence-corrected chi connectivity index (χ4v) is 9.30. The van der Waals surface area contributed by atoms with E-state index in [2.05, 4.69) is 191 Å². The van der Waals surface area contributed by atoms with Crippen LogP contribution in [0, 0.1) is 5.92 Å². The molecule has 1 aliphatic carbocycles. The Morgan fingerprint density at radius 3 is 1.67 bits per heavy atom. The monoisotopic (exact) mass is 843 g/mol. The Kier molecular flexibility index (Phi) is 16.1. The van der Waals surface area contributed by atoms with Gasteiger partial charge in [0.1, 0.15) is 11.5 Å². The van der Waals surface area contributed by atoms with E-state index in [4.69, 9.17) is 9.47 Å². The van der Waals surface area contributed by atoms with Crippen LogP contribution in [0.1, 0.15) is 184 Å². The molecule has 0 aliphatic heterocycles. The molecule has 2 unspecified atom stereocenters. The van der Waals surface area contributed by atoms with Crippen molar-refractivity contribution < 1.29 is 9.47 Å². The average Bonchev–Trinajstić information content (AvgIpc) is 3.52. The van der Waals surface area contributed by atoms with Crippen molar-refractivity contribution in [1.82, 2.24) is 0 Å². The van der Waals surface area contributed by atoms with Gasteiger partial charge < -0.3 is 9.47 Å². The van der Waals surface area contributed by atoms with E-state index in [1.165, 1.54) is 109 Å². The number of unbranched alkanes of at least 4 members (excludes halogenated alkanes) is 6. The number of ether oxygens (including phenoxy) is 2. The molecule has 1 aliphatic rings. The third kappa shape index (κ3) is 11.9. The predicted octanol–water partition coefficient (Wildman–Crippen LogP) is 17.9. The summed E-state index contributed by atoms with van der Waals surface area (Å²) in [6.07, 6.45) is 22.5. The van der Waals surface area contributed by atoms with Gasteiger partial charge in [-0.05, 0) is 103 Å². The van der Waals surface area contributed by atoms with Gasteiger partial charge in [0.05, 0.1) is 13.7 Å². The van der Waals surface area contributed by atoms with Gasteiger partial charge in [0.15, 0.2) is 0 Å². The first kappa shape index (κ1) is 47.7. The molecule has 2 heteroatoms. The van der Waals surface area contributed by atoms with Crippen LogP contribution in [0.5, 0.6) is 11.5 Å². The van der Waals surface area contributed by atoms with Gasteiger partial charge in [-0.25, -0.2) is 0 Å². The summed E-state index contributed by atoms with van der Waals surface area (Å²) in [5.41, 5.74) is 15.7. The molecule has 0 bridgehead atoms. The van der Waals surface area contributed by atoms with Crippen LogP contribution in [0.3, 0.4) is 0 Å². The van der Waals surface area contributed by atoms with Crippen LogP contribution in [0.15, 0.2) is 97.1 Å². The van der Waals surface area contributed by atoms with Crippen LogP contribution in [-0.2, 0) is 16.2 Å². The molecule has 5 aromatic carbocycles. The third-order valence-electron chi connectivity index (χ3n) is 13.7. The van der Waals surface area contributed by atoms with Crippen LogP contribution in [0.2, 0.25) is 0 Å². The summed E-state index contributed by atoms with van der Waals surface area (Å²) in [6.45, 7) is 23.8. The summed E-state index contributed by atoms with van der Waals surface area (Å²) >= 11 is 0. The zero-order valence-corrected chi connectivity index (χ0v) is 40.9. The van der Waals surface area contributed by atoms with Gasteiger partial charge in [0, 0.05) is 16.5 Å². The van der Waals surface area contributed by atoms with E-state index < -0.39 is 0 Å². The van der Waals surface area contributed by atoms with Crippen LogP contribution < -0.4 is 9.47 Å². The summed E-state index contributed by atoms with van der Waals surface area (Å²) in [4.78, 5) is 0. The highest BCUT2D eigenvalue weighted by Gasteiger charge is 2.39. The van der Waals surface area contributed by atoms with E-state index in [0.29, 0.717) is 12.5 Å². The third-order valence-corrected chi connectivity index (χ3v) is 13.7. The lowest BCUT2D eigenvalue weighted by Gasteiger charge is -2.30. The lowest BCUT2D eigenvalue weighted by molar-refractivity contribution is 0.232. The first-order valence-electron chi connectivity index (χ1n) is 24.4. The molecule has 6 rings (SSSR count). The van der Waals surface area contributed by atoms with E-state index in [1.54, 1.807) is 7.11 Å². The molecule has 2 nitrogen and oxygen atoms in total. The van der Waals surface area contributed by atoms with Crippen LogP contribution >= 0.6 is 0 Å². The number of fused-ring (bicyclic) bond motifs is 3. The average molecular weight is 843 g/mol. The maximum atomic E-state index is 6.68. The smallest absolute Gasteiger partial charge is 0.127 e. The molecule has 0 heterocycles. The topological polar surface area (TPSA) is 18.5 Å². The van der Waals surface area contributed by atoms with E-state index in [9.17, 15) is 0 Å². The summed E-state index contributed by atoms with van der Waals surface area (Å²) in [5, 5.41) is 0. The highest BCUT2D eigenvalue weighted by molar-refractivity contribution is 5.85. The van der Waals surface area contributed by atoms with E-state index >= 15 is 0 Å². The van der Waals surface area contributed by atoms with Gasteiger partial charge in [-0.1, -0.05) is 230 Å². The summed E-state index contributed by atoms with van der Waals surface area (Å²) < 4.78 is 12.7. The fourth-order valence-electron chi connectivity index (χ4n) is 9.30. The van der Waals surface area contributed by atoms with Crippen molar-refractivity contribution in [2.45, 2.75) is 156 Å². The summed E-state index contributed by atoms with van der Waals surface area (Å²) in [6, 6.07) is 36.7. The van der Waals surface area contributed by atoms with Crippen molar-refractivity contribution in [3.63, 3.8) is 0 Å². The largest absolute Gasteiger partial charge is 0.496 e. The number of methoxy groups -OCH3 is 1. The second-order valence-corrected chi connectivity index (χ2v) is 20.6. The van der Waals surface area contributed by atoms with Gasteiger partial charge in [-0.2, -0.15) is 0 Å². The molecule has 0 spiro atoms. The Balaban J connectivity index is 1.26. The van der Waals surface area contributed by atoms with Gasteiger partial charge in [0.2, 0.25) is 0 Å². The highest BCUT2D eigenvalue weighted by Crippen LogP contribution is 2.53. The first-order chi connectivity index (χ1) is 30.2. The maximum Gasteiger partial charge on any atom is 0.127 e. The van der Waals surface area contributed by atoms with Crippen LogP contribution in [0.4, 0.5) is 0 Å². The minimum absolute atomic E-state index is 0.00695. The minimum atomic E-state index is -0.00695. The fraction of sp³-hybridized carbons (Fsp3) is 0.443. The Morgan fingerprint density at radius 1 is 0.540 bits per heavy atom. The maximum absolute atomic E-state index is 6.68. The Bertz CT molecular complexity index is 2310. The lowest BCUT2D eigenvalue weighted by atomic mass is 9.74. The number of rotatable bonds is 20. The standard InChI is InChI=1S/C61H78O2/c1-12-15-17-18-19-20-38-61(10)55-39-48(32-36-53(55)54-37-35-52(42-56(54)61)60(7,8)9)47-28-22-45(23-29-47)24-30-49-41-58(63-43-44(14-3)21-16-13-2)50(40-57(49)62-11)31-25-46-26-33-51(34-27-46)59(4,5)6/h22-37,39-42,44H,12-21,38,43H2,1-11H3/b30-24+,31-25+. The second kappa shape index (κ2) is 21.2. The van der Waals surface area contributed by atoms with E-state index in [1.807, 2.05) is 0 Å². The number of hydrogen-bond acceptors (Lipinski definition) is 2. The van der Waals surface area contributed by atoms with Crippen molar-refractivity contribution in [3.8, 4) is 33.8 Å². The zero-order valence-electron chi connectivity index (χ0n) is 40.9. The van der Waals surface area contributed by atoms with Crippen molar-refractivity contribution in [2.24, 2.45) is 5.92 Å². The Hall–Kier alpha value is -4.82. The molecule has 0 aromatic heterocycles. The van der Waals surface area contributed by atoms with Gasteiger partial charge >= 0.3 is 0 Å². The molecule has 63 heavy (non-hydrogen) atoms. The summed E-state index contributed by atoms with van der Waals surface area (Å²) in [5.74, 6) is 2.25. The van der Waals surface area contributed by atoms with Crippen LogP contribution in [-0.4, -0.2) is 13.7 Å². The van der Waals surface area contributed by atoms with Crippen molar-refractivity contribution >= 4 is 24.3 Å².